The number of methoxy groups -OCH3 is 1. The lowest BCUT2D eigenvalue weighted by atomic mass is 9.83. The van der Waals surface area contributed by atoms with E-state index in [4.69, 9.17) is 18.9 Å². The zero-order valence-electron chi connectivity index (χ0n) is 20.7. The molecule has 0 amide bonds. The van der Waals surface area contributed by atoms with E-state index in [1.54, 1.807) is 17.1 Å². The Morgan fingerprint density at radius 3 is 2.53 bits per heavy atom. The topological polar surface area (TPSA) is 196 Å². The molecule has 3 heterocycles. The zero-order valence-corrected chi connectivity index (χ0v) is 20.7. The van der Waals surface area contributed by atoms with Crippen molar-refractivity contribution in [3.05, 3.63) is 60.1 Å². The van der Waals surface area contributed by atoms with Crippen LogP contribution in [0.5, 0.6) is 0 Å². The van der Waals surface area contributed by atoms with Gasteiger partial charge in [-0.3, -0.25) is 0 Å². The fourth-order valence-electron chi connectivity index (χ4n) is 4.39. The molecule has 38 heavy (non-hydrogen) atoms. The van der Waals surface area contributed by atoms with Gasteiger partial charge in [-0.2, -0.15) is 0 Å². The molecule has 3 aliphatic heterocycles. The van der Waals surface area contributed by atoms with Crippen LogP contribution in [0.2, 0.25) is 0 Å². The molecule has 0 spiro atoms. The van der Waals surface area contributed by atoms with Crippen LogP contribution in [0, 0.1) is 11.8 Å². The standard InChI is InChI=1S/C25H33NO12/c1-3-15-16(5-4-13-8-14(22(32)33)10-26(9-13)6-7-27)17(23(34)35-2)12-36-24(15)38-25-21(31)20(30)19(29)18(11-28)37-25/h3-5,8,10,12,15-16,18-21,24-25,27-31H,1,6-7,9,11H2,2H3,(H,32,33)/b5-4+/t15-,16-,18-,19-,20+,21-,24+,25+/m1/s1. The third kappa shape index (κ3) is 6.50. The van der Waals surface area contributed by atoms with Gasteiger partial charge in [0.25, 0.3) is 0 Å². The smallest absolute Gasteiger partial charge is 0.337 e. The second-order valence-corrected chi connectivity index (χ2v) is 8.90. The molecule has 3 aliphatic rings. The molecule has 0 radical (unpaired) electrons. The van der Waals surface area contributed by atoms with Crippen LogP contribution in [0.3, 0.4) is 0 Å². The van der Waals surface area contributed by atoms with E-state index < -0.39 is 67.4 Å². The van der Waals surface area contributed by atoms with Crippen molar-refractivity contribution in [1.82, 2.24) is 4.90 Å². The molecule has 13 heteroatoms. The van der Waals surface area contributed by atoms with Gasteiger partial charge >= 0.3 is 11.9 Å². The first-order valence-corrected chi connectivity index (χ1v) is 11.9. The van der Waals surface area contributed by atoms with Gasteiger partial charge in [-0.05, 0) is 11.6 Å². The second-order valence-electron chi connectivity index (χ2n) is 8.90. The number of rotatable bonds is 10. The monoisotopic (exact) mass is 539 g/mol. The van der Waals surface area contributed by atoms with Gasteiger partial charge in [-0.25, -0.2) is 9.59 Å². The summed E-state index contributed by atoms with van der Waals surface area (Å²) < 4.78 is 21.6. The summed E-state index contributed by atoms with van der Waals surface area (Å²) in [6.07, 6.45) is -0.0256. The van der Waals surface area contributed by atoms with Crippen LogP contribution < -0.4 is 0 Å². The number of carbonyl (C=O) groups excluding carboxylic acids is 1. The number of esters is 1. The molecular weight excluding hydrogens is 506 g/mol. The number of aliphatic hydroxyl groups is 5. The summed E-state index contributed by atoms with van der Waals surface area (Å²) in [7, 11) is 1.20. The Kier molecular flexibility index (Phi) is 10.2. The number of β-amino-alcohol motifs (C(OH)–C–C–N with tert-alkyl or cyclic N) is 1. The quantitative estimate of drug-likeness (QED) is 0.137. The molecule has 1 fully saturated rings. The largest absolute Gasteiger partial charge is 0.478 e. The lowest BCUT2D eigenvalue weighted by Crippen LogP contribution is -2.60. The molecule has 210 valence electrons. The normalized spacial score (nSPS) is 33.6. The van der Waals surface area contributed by atoms with Crippen molar-refractivity contribution >= 4 is 11.9 Å². The van der Waals surface area contributed by atoms with Crippen LogP contribution in [0.15, 0.2) is 60.1 Å². The highest BCUT2D eigenvalue weighted by Crippen LogP contribution is 2.36. The Morgan fingerprint density at radius 2 is 1.92 bits per heavy atom. The van der Waals surface area contributed by atoms with Crippen molar-refractivity contribution < 1.29 is 59.2 Å². The average Bonchev–Trinajstić information content (AvgIpc) is 2.91. The minimum Gasteiger partial charge on any atom is -0.478 e. The van der Waals surface area contributed by atoms with Crippen LogP contribution in [0.25, 0.3) is 0 Å². The highest BCUT2D eigenvalue weighted by molar-refractivity contribution is 5.90. The van der Waals surface area contributed by atoms with Gasteiger partial charge in [0.2, 0.25) is 6.29 Å². The lowest BCUT2D eigenvalue weighted by molar-refractivity contribution is -0.338. The van der Waals surface area contributed by atoms with Crippen molar-refractivity contribution in [3.8, 4) is 0 Å². The molecule has 3 rings (SSSR count). The van der Waals surface area contributed by atoms with Gasteiger partial charge in [-0.1, -0.05) is 18.2 Å². The number of carboxylic acid groups (broad SMARTS) is 1. The first-order valence-electron chi connectivity index (χ1n) is 11.9. The Hall–Kier alpha value is -3.04. The maximum absolute atomic E-state index is 12.5. The summed E-state index contributed by atoms with van der Waals surface area (Å²) in [6, 6.07) is 0. The molecule has 0 aliphatic carbocycles. The highest BCUT2D eigenvalue weighted by Gasteiger charge is 2.47. The van der Waals surface area contributed by atoms with E-state index >= 15 is 0 Å². The molecule has 0 aromatic carbocycles. The number of ether oxygens (including phenoxy) is 4. The Morgan fingerprint density at radius 1 is 1.18 bits per heavy atom. The molecular formula is C25H33NO12. The van der Waals surface area contributed by atoms with Crippen LogP contribution >= 0.6 is 0 Å². The van der Waals surface area contributed by atoms with Crippen LogP contribution in [-0.4, -0.2) is 118 Å². The summed E-state index contributed by atoms with van der Waals surface area (Å²) in [5, 5.41) is 58.6. The molecule has 1 saturated heterocycles. The molecule has 0 aromatic rings. The third-order valence-electron chi connectivity index (χ3n) is 6.43. The highest BCUT2D eigenvalue weighted by atomic mass is 16.8. The number of carboxylic acids is 1. The summed E-state index contributed by atoms with van der Waals surface area (Å²) in [4.78, 5) is 25.7. The van der Waals surface area contributed by atoms with Crippen LogP contribution in [0.4, 0.5) is 0 Å². The van der Waals surface area contributed by atoms with Gasteiger partial charge in [-0.15, -0.1) is 6.58 Å². The van der Waals surface area contributed by atoms with Crippen molar-refractivity contribution in [2.75, 3.05) is 33.4 Å². The predicted molar refractivity (Wildman–Crippen MR) is 129 cm³/mol. The maximum Gasteiger partial charge on any atom is 0.337 e. The van der Waals surface area contributed by atoms with E-state index in [0.29, 0.717) is 12.1 Å². The molecule has 0 unspecified atom stereocenters. The number of hydrogen-bond acceptors (Lipinski definition) is 12. The van der Waals surface area contributed by atoms with Crippen molar-refractivity contribution in [3.63, 3.8) is 0 Å². The Balaban J connectivity index is 1.88. The first kappa shape index (κ1) is 29.5. The van der Waals surface area contributed by atoms with Gasteiger partial charge in [0.15, 0.2) is 6.29 Å². The number of nitrogens with zero attached hydrogens (tertiary/aromatic N) is 1. The molecule has 0 saturated carbocycles. The van der Waals surface area contributed by atoms with E-state index in [1.165, 1.54) is 25.5 Å². The van der Waals surface area contributed by atoms with Crippen LogP contribution in [-0.2, 0) is 28.5 Å². The van der Waals surface area contributed by atoms with Gasteiger partial charge in [0, 0.05) is 25.2 Å². The molecule has 0 bridgehead atoms. The number of allylic oxidation sites excluding steroid dienone is 1. The average molecular weight is 540 g/mol. The van der Waals surface area contributed by atoms with E-state index in [1.807, 2.05) is 0 Å². The zero-order chi connectivity index (χ0) is 28.0. The number of aliphatic carboxylic acids is 1. The van der Waals surface area contributed by atoms with Crippen molar-refractivity contribution in [1.29, 1.82) is 0 Å². The van der Waals surface area contributed by atoms with Gasteiger partial charge in [0.05, 0.1) is 43.6 Å². The summed E-state index contributed by atoms with van der Waals surface area (Å²) in [6.45, 7) is 3.50. The SMILES string of the molecule is C=C[C@H]1[C@H](O[C@@H]2O[C@H](CO)[C@@H](O)[C@H](O)[C@H]2O)OC=C(C(=O)OC)[C@@H]1/C=C/C1=CC(C(=O)O)=CN(CCO)C1. The number of aliphatic hydroxyl groups excluding tert-OH is 5. The third-order valence-corrected chi connectivity index (χ3v) is 6.43. The maximum atomic E-state index is 12.5. The van der Waals surface area contributed by atoms with Crippen molar-refractivity contribution in [2.24, 2.45) is 11.8 Å². The number of carbonyl (C=O) groups is 2. The lowest BCUT2D eigenvalue weighted by Gasteiger charge is -2.42. The molecule has 13 nitrogen and oxygen atoms in total. The fourth-order valence-corrected chi connectivity index (χ4v) is 4.39. The minimum absolute atomic E-state index is 0.0177. The predicted octanol–water partition coefficient (Wildman–Crippen LogP) is -1.61. The van der Waals surface area contributed by atoms with E-state index in [9.17, 15) is 40.2 Å². The summed E-state index contributed by atoms with van der Waals surface area (Å²) in [5.74, 6) is -3.33. The van der Waals surface area contributed by atoms with Gasteiger partial charge < -0.3 is 54.5 Å². The molecule has 6 N–H and O–H groups in total. The van der Waals surface area contributed by atoms with Crippen LogP contribution in [0.1, 0.15) is 0 Å². The van der Waals surface area contributed by atoms with Gasteiger partial charge in [0.1, 0.15) is 24.4 Å². The second kappa shape index (κ2) is 13.2. The summed E-state index contributed by atoms with van der Waals surface area (Å²) >= 11 is 0. The Labute approximate surface area is 218 Å². The minimum atomic E-state index is -1.67. The first-order chi connectivity index (χ1) is 18.1. The number of hydrogen-bond donors (Lipinski definition) is 6. The summed E-state index contributed by atoms with van der Waals surface area (Å²) in [5.41, 5.74) is 0.715. The van der Waals surface area contributed by atoms with E-state index in [-0.39, 0.29) is 24.3 Å². The Bertz CT molecular complexity index is 1000. The van der Waals surface area contributed by atoms with E-state index in [2.05, 4.69) is 6.58 Å². The fraction of sp³-hybridized carbons (Fsp3) is 0.520. The van der Waals surface area contributed by atoms with Crippen molar-refractivity contribution in [2.45, 2.75) is 37.0 Å². The molecule has 0 aromatic heterocycles. The van der Waals surface area contributed by atoms with E-state index in [0.717, 1.165) is 6.26 Å². The molecule has 8 atom stereocenters.